The number of hydrogen-bond acceptors (Lipinski definition) is 3. The van der Waals surface area contributed by atoms with Gasteiger partial charge in [0.1, 0.15) is 6.54 Å². The Hall–Kier alpha value is -2.92. The van der Waals surface area contributed by atoms with E-state index in [-0.39, 0.29) is 24.4 Å². The first kappa shape index (κ1) is 23.2. The van der Waals surface area contributed by atoms with Crippen LogP contribution in [0, 0.1) is 6.92 Å². The molecule has 172 valence electrons. The number of carbonyl (C=O) groups excluding carboxylic acids is 2. The molecule has 0 N–H and O–H groups in total. The lowest BCUT2D eigenvalue weighted by Crippen LogP contribution is -2.47. The van der Waals surface area contributed by atoms with Gasteiger partial charge in [-0.2, -0.15) is 0 Å². The normalized spacial score (nSPS) is 15.2. The van der Waals surface area contributed by atoms with Crippen LogP contribution < -0.4 is 0 Å². The number of fused-ring (bicyclic) bond motifs is 1. The van der Waals surface area contributed by atoms with Crippen molar-refractivity contribution in [1.29, 1.82) is 0 Å². The first-order valence-corrected chi connectivity index (χ1v) is 12.7. The van der Waals surface area contributed by atoms with E-state index >= 15 is 0 Å². The van der Waals surface area contributed by atoms with Gasteiger partial charge in [-0.25, -0.2) is 0 Å². The summed E-state index contributed by atoms with van der Waals surface area (Å²) in [6, 6.07) is 19.7. The maximum absolute atomic E-state index is 13.7. The second-order valence-corrected chi connectivity index (χ2v) is 9.70. The monoisotopic (exact) mass is 460 g/mol. The number of thiophene rings is 1. The molecule has 1 unspecified atom stereocenters. The number of carbonyl (C=O) groups is 2. The molecule has 0 bridgehead atoms. The Morgan fingerprint density at radius 2 is 1.76 bits per heavy atom. The molecule has 0 radical (unpaired) electrons. The van der Waals surface area contributed by atoms with Crippen molar-refractivity contribution in [1.82, 2.24) is 9.80 Å². The summed E-state index contributed by atoms with van der Waals surface area (Å²) in [5, 5.41) is 2.12. The molecule has 1 aromatic heterocycles. The maximum atomic E-state index is 13.7. The Labute approximate surface area is 200 Å². The van der Waals surface area contributed by atoms with E-state index in [1.54, 1.807) is 16.2 Å². The van der Waals surface area contributed by atoms with E-state index in [4.69, 9.17) is 0 Å². The highest BCUT2D eigenvalue weighted by Gasteiger charge is 2.34. The standard InChI is InChI=1S/C28H32N2O2S/c1-3-4-10-17-29(28(32)22-12-6-5-7-13-22)20-26(31)30-18-15-25-24(16-19-33-25)27(30)23-14-9-8-11-21(23)2/h5-9,11-14,16,19,27H,3-4,10,15,17-18,20H2,1-2H3. The van der Waals surface area contributed by atoms with Crippen LogP contribution in [0.15, 0.2) is 66.0 Å². The number of rotatable bonds is 8. The zero-order chi connectivity index (χ0) is 23.2. The molecular weight excluding hydrogens is 428 g/mol. The Morgan fingerprint density at radius 1 is 1.00 bits per heavy atom. The number of benzene rings is 2. The lowest BCUT2D eigenvalue weighted by atomic mass is 9.90. The minimum Gasteiger partial charge on any atom is -0.330 e. The van der Waals surface area contributed by atoms with Gasteiger partial charge in [-0.15, -0.1) is 11.3 Å². The predicted molar refractivity (Wildman–Crippen MR) is 135 cm³/mol. The van der Waals surface area contributed by atoms with Crippen molar-refractivity contribution in [2.45, 2.75) is 45.6 Å². The van der Waals surface area contributed by atoms with Crippen LogP contribution in [-0.2, 0) is 11.2 Å². The zero-order valence-corrected chi connectivity index (χ0v) is 20.3. The number of unbranched alkanes of at least 4 members (excludes halogenated alkanes) is 2. The van der Waals surface area contributed by atoms with E-state index in [1.165, 1.54) is 16.0 Å². The summed E-state index contributed by atoms with van der Waals surface area (Å²) in [6.45, 7) is 5.63. The van der Waals surface area contributed by atoms with Gasteiger partial charge in [0.15, 0.2) is 0 Å². The number of aryl methyl sites for hydroxylation is 1. The molecule has 5 heteroatoms. The third-order valence-corrected chi connectivity index (χ3v) is 7.43. The average molecular weight is 461 g/mol. The van der Waals surface area contributed by atoms with Gasteiger partial charge in [-0.3, -0.25) is 9.59 Å². The summed E-state index contributed by atoms with van der Waals surface area (Å²) in [7, 11) is 0. The molecule has 1 atom stereocenters. The second-order valence-electron chi connectivity index (χ2n) is 8.70. The molecule has 0 fully saturated rings. The molecule has 0 saturated carbocycles. The van der Waals surface area contributed by atoms with Crippen LogP contribution in [-0.4, -0.2) is 41.2 Å². The molecule has 4 nitrogen and oxygen atoms in total. The Balaban J connectivity index is 1.61. The summed E-state index contributed by atoms with van der Waals surface area (Å²) in [4.78, 5) is 32.1. The fourth-order valence-corrected chi connectivity index (χ4v) is 5.54. The van der Waals surface area contributed by atoms with Gasteiger partial charge < -0.3 is 9.80 Å². The van der Waals surface area contributed by atoms with Crippen LogP contribution in [0.1, 0.15) is 64.2 Å². The Bertz CT molecular complexity index is 1090. The van der Waals surface area contributed by atoms with Crippen molar-refractivity contribution in [3.8, 4) is 0 Å². The summed E-state index contributed by atoms with van der Waals surface area (Å²) in [6.07, 6.45) is 3.88. The lowest BCUT2D eigenvalue weighted by molar-refractivity contribution is -0.134. The number of hydrogen-bond donors (Lipinski definition) is 0. The van der Waals surface area contributed by atoms with Gasteiger partial charge in [0, 0.05) is 23.5 Å². The highest BCUT2D eigenvalue weighted by Crippen LogP contribution is 2.39. The van der Waals surface area contributed by atoms with Gasteiger partial charge in [0.05, 0.1) is 6.04 Å². The van der Waals surface area contributed by atoms with Crippen molar-refractivity contribution in [2.24, 2.45) is 0 Å². The molecule has 2 heterocycles. The van der Waals surface area contributed by atoms with E-state index in [0.717, 1.165) is 31.2 Å². The van der Waals surface area contributed by atoms with Crippen molar-refractivity contribution in [2.75, 3.05) is 19.6 Å². The van der Waals surface area contributed by atoms with Crippen molar-refractivity contribution in [3.63, 3.8) is 0 Å². The van der Waals surface area contributed by atoms with E-state index in [0.29, 0.717) is 18.7 Å². The Morgan fingerprint density at radius 3 is 2.52 bits per heavy atom. The zero-order valence-electron chi connectivity index (χ0n) is 19.5. The van der Waals surface area contributed by atoms with E-state index in [1.807, 2.05) is 47.4 Å². The first-order valence-electron chi connectivity index (χ1n) is 11.9. The molecule has 2 aromatic carbocycles. The fourth-order valence-electron chi connectivity index (χ4n) is 4.64. The SMILES string of the molecule is CCCCCN(CC(=O)N1CCc2sccc2C1c1ccccc1C)C(=O)c1ccccc1. The largest absolute Gasteiger partial charge is 0.330 e. The quantitative estimate of drug-likeness (QED) is 0.395. The summed E-state index contributed by atoms with van der Waals surface area (Å²) < 4.78 is 0. The number of amides is 2. The van der Waals surface area contributed by atoms with E-state index < -0.39 is 0 Å². The van der Waals surface area contributed by atoms with Gasteiger partial charge in [-0.1, -0.05) is 62.2 Å². The van der Waals surface area contributed by atoms with Crippen molar-refractivity contribution < 1.29 is 9.59 Å². The predicted octanol–water partition coefficient (Wildman–Crippen LogP) is 5.86. The van der Waals surface area contributed by atoms with Crippen molar-refractivity contribution in [3.05, 3.63) is 93.2 Å². The molecule has 33 heavy (non-hydrogen) atoms. The van der Waals surface area contributed by atoms with Gasteiger partial charge in [-0.05, 0) is 60.0 Å². The highest BCUT2D eigenvalue weighted by molar-refractivity contribution is 7.10. The summed E-state index contributed by atoms with van der Waals surface area (Å²) in [5.41, 5.74) is 4.20. The molecule has 1 aliphatic heterocycles. The molecule has 0 spiro atoms. The molecule has 4 rings (SSSR count). The third-order valence-electron chi connectivity index (χ3n) is 6.43. The van der Waals surface area contributed by atoms with E-state index in [2.05, 4.69) is 37.4 Å². The molecule has 0 aliphatic carbocycles. The van der Waals surface area contributed by atoms with Gasteiger partial charge in [0.25, 0.3) is 5.91 Å². The third kappa shape index (κ3) is 5.19. The van der Waals surface area contributed by atoms with Gasteiger partial charge in [0.2, 0.25) is 5.91 Å². The van der Waals surface area contributed by atoms with Crippen LogP contribution in [0.5, 0.6) is 0 Å². The second kappa shape index (κ2) is 10.8. The van der Waals surface area contributed by atoms with Crippen LogP contribution in [0.25, 0.3) is 0 Å². The molecular formula is C28H32N2O2S. The van der Waals surface area contributed by atoms with Crippen LogP contribution in [0.2, 0.25) is 0 Å². The Kier molecular flexibility index (Phi) is 7.61. The lowest BCUT2D eigenvalue weighted by Gasteiger charge is -2.38. The van der Waals surface area contributed by atoms with Gasteiger partial charge >= 0.3 is 0 Å². The minimum atomic E-state index is -0.0991. The minimum absolute atomic E-state index is 0.0147. The maximum Gasteiger partial charge on any atom is 0.254 e. The van der Waals surface area contributed by atoms with Crippen LogP contribution >= 0.6 is 11.3 Å². The smallest absolute Gasteiger partial charge is 0.254 e. The molecule has 2 amide bonds. The summed E-state index contributed by atoms with van der Waals surface area (Å²) in [5.74, 6) is -0.0541. The highest BCUT2D eigenvalue weighted by atomic mass is 32.1. The van der Waals surface area contributed by atoms with Crippen LogP contribution in [0.4, 0.5) is 0 Å². The molecule has 0 saturated heterocycles. The number of nitrogens with zero attached hydrogens (tertiary/aromatic N) is 2. The first-order chi connectivity index (χ1) is 16.1. The topological polar surface area (TPSA) is 40.6 Å². The van der Waals surface area contributed by atoms with E-state index in [9.17, 15) is 9.59 Å². The fraction of sp³-hybridized carbons (Fsp3) is 0.357. The molecule has 1 aliphatic rings. The molecule has 3 aromatic rings. The summed E-state index contributed by atoms with van der Waals surface area (Å²) >= 11 is 1.77. The van der Waals surface area contributed by atoms with Crippen molar-refractivity contribution >= 4 is 23.2 Å². The average Bonchev–Trinajstić information content (AvgIpc) is 3.32. The van der Waals surface area contributed by atoms with Crippen LogP contribution in [0.3, 0.4) is 0 Å².